The van der Waals surface area contributed by atoms with Crippen LogP contribution in [0.3, 0.4) is 0 Å². The lowest BCUT2D eigenvalue weighted by Gasteiger charge is -2.24. The summed E-state index contributed by atoms with van der Waals surface area (Å²) < 4.78 is 0. The number of para-hydroxylation sites is 1. The summed E-state index contributed by atoms with van der Waals surface area (Å²) in [6, 6.07) is 5.79. The maximum Gasteiger partial charge on any atom is 0.326 e. The molecule has 1 aromatic heterocycles. The van der Waals surface area contributed by atoms with Crippen molar-refractivity contribution < 1.29 is 19.5 Å². The lowest BCUT2D eigenvalue weighted by atomic mass is 10.0. The minimum absolute atomic E-state index is 0.155. The molecular weight excluding hydrogens is 466 g/mol. The summed E-state index contributed by atoms with van der Waals surface area (Å²) >= 11 is 0. The van der Waals surface area contributed by atoms with Gasteiger partial charge in [0.25, 0.3) is 0 Å². The van der Waals surface area contributed by atoms with Crippen molar-refractivity contribution in [3.8, 4) is 0 Å². The summed E-state index contributed by atoms with van der Waals surface area (Å²) in [5.74, 6) is -1.89. The number of benzene rings is 1. The highest BCUT2D eigenvalue weighted by Crippen LogP contribution is 2.19. The molecule has 2 rings (SSSR count). The Hall–Kier alpha value is -2.83. The van der Waals surface area contributed by atoms with E-state index in [0.717, 1.165) is 35.7 Å². The van der Waals surface area contributed by atoms with E-state index in [2.05, 4.69) is 22.5 Å². The van der Waals surface area contributed by atoms with Crippen molar-refractivity contribution in [1.29, 1.82) is 0 Å². The number of unbranched alkanes of at least 4 members (excludes halogenated alkanes) is 10. The number of rotatable bonds is 19. The van der Waals surface area contributed by atoms with Crippen molar-refractivity contribution in [2.75, 3.05) is 0 Å². The molecule has 2 atom stereocenters. The van der Waals surface area contributed by atoms with Gasteiger partial charge in [0.1, 0.15) is 12.1 Å². The zero-order chi connectivity index (χ0) is 27.0. The van der Waals surface area contributed by atoms with E-state index in [1.807, 2.05) is 38.1 Å². The van der Waals surface area contributed by atoms with Crippen LogP contribution in [0.25, 0.3) is 10.9 Å². The number of hydrogen-bond acceptors (Lipinski definition) is 3. The van der Waals surface area contributed by atoms with Gasteiger partial charge in [-0.2, -0.15) is 0 Å². The highest BCUT2D eigenvalue weighted by Gasteiger charge is 2.29. The molecule has 0 bridgehead atoms. The Balaban J connectivity index is 1.74. The number of H-pyrrole nitrogens is 1. The number of aromatic amines is 1. The SMILES string of the molecule is CCCCCCCCCCCCCC(=O)N[C@H](C(=O)N[C@@H](Cc1c[nH]c2ccccc12)C(=O)O)C(C)C. The van der Waals surface area contributed by atoms with Crippen LogP contribution in [-0.4, -0.2) is 40.0 Å². The Labute approximate surface area is 222 Å². The van der Waals surface area contributed by atoms with Gasteiger partial charge in [-0.05, 0) is 24.0 Å². The number of aromatic nitrogens is 1. The Bertz CT molecular complexity index is 969. The van der Waals surface area contributed by atoms with Gasteiger partial charge in [0.2, 0.25) is 11.8 Å². The molecule has 37 heavy (non-hydrogen) atoms. The molecule has 1 heterocycles. The number of hydrogen-bond donors (Lipinski definition) is 4. The third kappa shape index (κ3) is 11.0. The van der Waals surface area contributed by atoms with E-state index in [-0.39, 0.29) is 18.2 Å². The van der Waals surface area contributed by atoms with Crippen LogP contribution in [0.2, 0.25) is 0 Å². The van der Waals surface area contributed by atoms with E-state index in [4.69, 9.17) is 0 Å². The van der Waals surface area contributed by atoms with E-state index in [0.29, 0.717) is 6.42 Å². The molecule has 0 saturated heterocycles. The van der Waals surface area contributed by atoms with Crippen molar-refractivity contribution in [3.63, 3.8) is 0 Å². The van der Waals surface area contributed by atoms with Crippen LogP contribution >= 0.6 is 0 Å². The molecule has 0 fully saturated rings. The first-order valence-electron chi connectivity index (χ1n) is 14.2. The first-order valence-corrected chi connectivity index (χ1v) is 14.2. The lowest BCUT2D eigenvalue weighted by Crippen LogP contribution is -2.54. The Morgan fingerprint density at radius 2 is 1.46 bits per heavy atom. The van der Waals surface area contributed by atoms with Gasteiger partial charge < -0.3 is 20.7 Å². The largest absolute Gasteiger partial charge is 0.480 e. The van der Waals surface area contributed by atoms with Crippen LogP contribution in [-0.2, 0) is 20.8 Å². The summed E-state index contributed by atoms with van der Waals surface area (Å²) in [5, 5.41) is 16.2. The average Bonchev–Trinajstić information content (AvgIpc) is 3.28. The van der Waals surface area contributed by atoms with Crippen LogP contribution in [0.15, 0.2) is 30.5 Å². The number of aliphatic carboxylic acids is 1. The average molecular weight is 514 g/mol. The highest BCUT2D eigenvalue weighted by atomic mass is 16.4. The van der Waals surface area contributed by atoms with Crippen molar-refractivity contribution in [2.45, 2.75) is 116 Å². The predicted molar refractivity (Wildman–Crippen MR) is 149 cm³/mol. The zero-order valence-electron chi connectivity index (χ0n) is 23.0. The van der Waals surface area contributed by atoms with Crippen molar-refractivity contribution in [3.05, 3.63) is 36.0 Å². The molecule has 0 unspecified atom stereocenters. The molecular formula is C30H47N3O4. The molecule has 7 nitrogen and oxygen atoms in total. The smallest absolute Gasteiger partial charge is 0.326 e. The highest BCUT2D eigenvalue weighted by molar-refractivity contribution is 5.91. The molecule has 0 radical (unpaired) electrons. The topological polar surface area (TPSA) is 111 Å². The fourth-order valence-corrected chi connectivity index (χ4v) is 4.71. The fraction of sp³-hybridized carbons (Fsp3) is 0.633. The van der Waals surface area contributed by atoms with E-state index >= 15 is 0 Å². The van der Waals surface area contributed by atoms with Gasteiger partial charge in [-0.25, -0.2) is 4.79 Å². The summed E-state index contributed by atoms with van der Waals surface area (Å²) in [6.07, 6.45) is 15.7. The number of carbonyl (C=O) groups is 3. The van der Waals surface area contributed by atoms with Crippen molar-refractivity contribution >= 4 is 28.7 Å². The molecule has 7 heteroatoms. The van der Waals surface area contributed by atoms with Crippen molar-refractivity contribution in [1.82, 2.24) is 15.6 Å². The van der Waals surface area contributed by atoms with Gasteiger partial charge in [-0.3, -0.25) is 9.59 Å². The van der Waals surface area contributed by atoms with Crippen LogP contribution in [0.5, 0.6) is 0 Å². The van der Waals surface area contributed by atoms with E-state index in [1.54, 1.807) is 6.20 Å². The summed E-state index contributed by atoms with van der Waals surface area (Å²) in [6.45, 7) is 5.94. The lowest BCUT2D eigenvalue weighted by molar-refractivity contribution is -0.142. The van der Waals surface area contributed by atoms with Crippen LogP contribution in [0.1, 0.15) is 103 Å². The summed E-state index contributed by atoms with van der Waals surface area (Å²) in [5.41, 5.74) is 1.74. The number of carbonyl (C=O) groups excluding carboxylic acids is 2. The molecule has 206 valence electrons. The molecule has 2 amide bonds. The Morgan fingerprint density at radius 1 is 0.865 bits per heavy atom. The Kier molecular flexibility index (Phi) is 13.8. The number of amides is 2. The fourth-order valence-electron chi connectivity index (χ4n) is 4.71. The maximum atomic E-state index is 13.0. The molecule has 0 aliphatic heterocycles. The summed E-state index contributed by atoms with van der Waals surface area (Å²) in [4.78, 5) is 40.6. The molecule has 0 spiro atoms. The van der Waals surface area contributed by atoms with Crippen LogP contribution in [0.4, 0.5) is 0 Å². The first-order chi connectivity index (χ1) is 17.8. The van der Waals surface area contributed by atoms with Gasteiger partial charge in [0.05, 0.1) is 0 Å². The minimum atomic E-state index is -1.10. The van der Waals surface area contributed by atoms with E-state index in [9.17, 15) is 19.5 Å². The summed E-state index contributed by atoms with van der Waals surface area (Å²) in [7, 11) is 0. The quantitative estimate of drug-likeness (QED) is 0.170. The van der Waals surface area contributed by atoms with Gasteiger partial charge in [-0.1, -0.05) is 103 Å². The van der Waals surface area contributed by atoms with Crippen LogP contribution < -0.4 is 10.6 Å². The second-order valence-electron chi connectivity index (χ2n) is 10.5. The third-order valence-corrected chi connectivity index (χ3v) is 6.99. The number of carboxylic acids is 1. The zero-order valence-corrected chi connectivity index (χ0v) is 23.0. The molecule has 4 N–H and O–H groups in total. The van der Waals surface area contributed by atoms with Gasteiger partial charge >= 0.3 is 5.97 Å². The molecule has 0 aliphatic rings. The van der Waals surface area contributed by atoms with Gasteiger partial charge in [0.15, 0.2) is 0 Å². The first kappa shape index (κ1) is 30.4. The number of carboxylic acid groups (broad SMARTS) is 1. The molecule has 2 aromatic rings. The van der Waals surface area contributed by atoms with E-state index in [1.165, 1.54) is 51.4 Å². The number of fused-ring (bicyclic) bond motifs is 1. The second kappa shape index (κ2) is 16.8. The van der Waals surface area contributed by atoms with Crippen molar-refractivity contribution in [2.24, 2.45) is 5.92 Å². The maximum absolute atomic E-state index is 13.0. The second-order valence-corrected chi connectivity index (χ2v) is 10.5. The molecule has 1 aromatic carbocycles. The minimum Gasteiger partial charge on any atom is -0.480 e. The Morgan fingerprint density at radius 3 is 2.05 bits per heavy atom. The standard InChI is InChI=1S/C30H47N3O4/c1-4-5-6-7-8-9-10-11-12-13-14-19-27(34)33-28(22(2)3)29(35)32-26(30(36)37)20-23-21-31-25-18-16-15-17-24(23)25/h15-18,21-22,26,28,31H,4-14,19-20H2,1-3H3,(H,32,35)(H,33,34)(H,36,37)/t26-,28-/m0/s1. The molecule has 0 aliphatic carbocycles. The van der Waals surface area contributed by atoms with Gasteiger partial charge in [-0.15, -0.1) is 0 Å². The predicted octanol–water partition coefficient (Wildman–Crippen LogP) is 6.12. The molecule has 0 saturated carbocycles. The van der Waals surface area contributed by atoms with Gasteiger partial charge in [0, 0.05) is 29.9 Å². The van der Waals surface area contributed by atoms with Crippen LogP contribution in [0, 0.1) is 5.92 Å². The number of nitrogens with one attached hydrogen (secondary N) is 3. The monoisotopic (exact) mass is 513 g/mol. The van der Waals surface area contributed by atoms with E-state index < -0.39 is 24.0 Å². The normalized spacial score (nSPS) is 13.0. The third-order valence-electron chi connectivity index (χ3n) is 6.99.